The standard InChI is InChI=1S/C14H15Cl2N3O/c15-11-4-1-9(7-12(11)16)8-14-19-18-13(20-14)5-6-17-10-2-3-10/h1,4,7,10,17H,2-3,5-6,8H2. The molecule has 3 rings (SSSR count). The highest BCUT2D eigenvalue weighted by molar-refractivity contribution is 6.42. The molecule has 20 heavy (non-hydrogen) atoms. The molecule has 1 aromatic carbocycles. The third-order valence-electron chi connectivity index (χ3n) is 3.20. The second-order valence-electron chi connectivity index (χ2n) is 4.99. The summed E-state index contributed by atoms with van der Waals surface area (Å²) in [6.45, 7) is 0.888. The lowest BCUT2D eigenvalue weighted by molar-refractivity contribution is 0.451. The molecule has 1 N–H and O–H groups in total. The van der Waals surface area contributed by atoms with Crippen LogP contribution < -0.4 is 5.32 Å². The van der Waals surface area contributed by atoms with Gasteiger partial charge < -0.3 is 9.73 Å². The number of benzene rings is 1. The minimum Gasteiger partial charge on any atom is -0.425 e. The number of aromatic nitrogens is 2. The fourth-order valence-corrected chi connectivity index (χ4v) is 2.28. The number of hydrogen-bond donors (Lipinski definition) is 1. The average Bonchev–Trinajstić information content (AvgIpc) is 3.14. The van der Waals surface area contributed by atoms with E-state index in [1.54, 1.807) is 6.07 Å². The number of nitrogens with one attached hydrogen (secondary N) is 1. The third kappa shape index (κ3) is 3.72. The SMILES string of the molecule is Clc1ccc(Cc2nnc(CCNC3CC3)o2)cc1Cl. The lowest BCUT2D eigenvalue weighted by Gasteiger charge is -2.00. The Balaban J connectivity index is 1.56. The van der Waals surface area contributed by atoms with Gasteiger partial charge in [0.2, 0.25) is 11.8 Å². The Morgan fingerprint density at radius 2 is 1.95 bits per heavy atom. The van der Waals surface area contributed by atoms with Crippen molar-refractivity contribution in [2.45, 2.75) is 31.7 Å². The van der Waals surface area contributed by atoms with Gasteiger partial charge in [0.25, 0.3) is 0 Å². The van der Waals surface area contributed by atoms with Crippen molar-refractivity contribution >= 4 is 23.2 Å². The topological polar surface area (TPSA) is 51.0 Å². The van der Waals surface area contributed by atoms with Crippen LogP contribution >= 0.6 is 23.2 Å². The lowest BCUT2D eigenvalue weighted by atomic mass is 10.1. The Kier molecular flexibility index (Phi) is 4.24. The molecule has 1 saturated carbocycles. The Bertz CT molecular complexity index is 596. The predicted molar refractivity (Wildman–Crippen MR) is 78.3 cm³/mol. The number of nitrogens with zero attached hydrogens (tertiary/aromatic N) is 2. The first-order valence-electron chi connectivity index (χ1n) is 6.69. The summed E-state index contributed by atoms with van der Waals surface area (Å²) in [5, 5.41) is 12.6. The normalized spacial score (nSPS) is 14.7. The summed E-state index contributed by atoms with van der Waals surface area (Å²) in [6.07, 6.45) is 3.91. The highest BCUT2D eigenvalue weighted by Crippen LogP contribution is 2.23. The van der Waals surface area contributed by atoms with E-state index in [0.717, 1.165) is 18.5 Å². The number of rotatable bonds is 6. The largest absolute Gasteiger partial charge is 0.425 e. The van der Waals surface area contributed by atoms with Crippen molar-refractivity contribution in [2.24, 2.45) is 0 Å². The van der Waals surface area contributed by atoms with Crippen LogP contribution in [-0.2, 0) is 12.8 Å². The smallest absolute Gasteiger partial charge is 0.220 e. The summed E-state index contributed by atoms with van der Waals surface area (Å²) >= 11 is 11.9. The van der Waals surface area contributed by atoms with Crippen LogP contribution in [0, 0.1) is 0 Å². The quantitative estimate of drug-likeness (QED) is 0.889. The molecule has 1 aliphatic carbocycles. The zero-order valence-electron chi connectivity index (χ0n) is 10.9. The molecular weight excluding hydrogens is 297 g/mol. The molecule has 0 unspecified atom stereocenters. The van der Waals surface area contributed by atoms with Crippen LogP contribution in [0.25, 0.3) is 0 Å². The molecule has 0 radical (unpaired) electrons. The molecular formula is C14H15Cl2N3O. The molecule has 0 bridgehead atoms. The van der Waals surface area contributed by atoms with Gasteiger partial charge in [-0.25, -0.2) is 0 Å². The number of halogens is 2. The van der Waals surface area contributed by atoms with E-state index in [2.05, 4.69) is 15.5 Å². The van der Waals surface area contributed by atoms with Gasteiger partial charge in [-0.15, -0.1) is 10.2 Å². The molecule has 1 aliphatic rings. The van der Waals surface area contributed by atoms with Crippen LogP contribution in [0.1, 0.15) is 30.2 Å². The van der Waals surface area contributed by atoms with Gasteiger partial charge in [0.05, 0.1) is 16.5 Å². The van der Waals surface area contributed by atoms with E-state index >= 15 is 0 Å². The monoisotopic (exact) mass is 311 g/mol. The predicted octanol–water partition coefficient (Wildman–Crippen LogP) is 3.26. The minimum atomic E-state index is 0.539. The maximum atomic E-state index is 5.98. The van der Waals surface area contributed by atoms with Gasteiger partial charge >= 0.3 is 0 Å². The van der Waals surface area contributed by atoms with Crippen molar-refractivity contribution in [2.75, 3.05) is 6.54 Å². The molecule has 0 atom stereocenters. The van der Waals surface area contributed by atoms with E-state index < -0.39 is 0 Å². The first-order chi connectivity index (χ1) is 9.70. The van der Waals surface area contributed by atoms with Gasteiger partial charge in [-0.3, -0.25) is 0 Å². The first-order valence-corrected chi connectivity index (χ1v) is 7.45. The maximum Gasteiger partial charge on any atom is 0.220 e. The Morgan fingerprint density at radius 3 is 2.70 bits per heavy atom. The fourth-order valence-electron chi connectivity index (χ4n) is 1.96. The van der Waals surface area contributed by atoms with Gasteiger partial charge in [-0.05, 0) is 30.5 Å². The van der Waals surface area contributed by atoms with Crippen molar-refractivity contribution in [3.05, 3.63) is 45.6 Å². The molecule has 4 nitrogen and oxygen atoms in total. The van der Waals surface area contributed by atoms with Crippen LogP contribution in [0.2, 0.25) is 10.0 Å². The molecule has 1 fully saturated rings. The molecule has 0 amide bonds. The van der Waals surface area contributed by atoms with Crippen LogP contribution in [-0.4, -0.2) is 22.8 Å². The van der Waals surface area contributed by atoms with Crippen LogP contribution in [0.5, 0.6) is 0 Å². The Labute approximate surface area is 127 Å². The van der Waals surface area contributed by atoms with E-state index in [1.807, 2.05) is 12.1 Å². The minimum absolute atomic E-state index is 0.539. The Hall–Kier alpha value is -1.10. The zero-order chi connectivity index (χ0) is 13.9. The molecule has 1 heterocycles. The highest BCUT2D eigenvalue weighted by atomic mass is 35.5. The summed E-state index contributed by atoms with van der Waals surface area (Å²) in [7, 11) is 0. The van der Waals surface area contributed by atoms with Crippen molar-refractivity contribution < 1.29 is 4.42 Å². The van der Waals surface area contributed by atoms with Gasteiger partial charge in [0.1, 0.15) is 0 Å². The van der Waals surface area contributed by atoms with E-state index in [1.165, 1.54) is 12.8 Å². The average molecular weight is 312 g/mol. The molecule has 1 aromatic heterocycles. The lowest BCUT2D eigenvalue weighted by Crippen LogP contribution is -2.19. The second-order valence-corrected chi connectivity index (χ2v) is 5.81. The fraction of sp³-hybridized carbons (Fsp3) is 0.429. The summed E-state index contributed by atoms with van der Waals surface area (Å²) in [5.74, 6) is 1.28. The van der Waals surface area contributed by atoms with Crippen molar-refractivity contribution in [3.63, 3.8) is 0 Å². The van der Waals surface area contributed by atoms with Crippen LogP contribution in [0.4, 0.5) is 0 Å². The summed E-state index contributed by atoms with van der Waals surface area (Å²) in [5.41, 5.74) is 1.01. The van der Waals surface area contributed by atoms with Crippen molar-refractivity contribution in [1.29, 1.82) is 0 Å². The Morgan fingerprint density at radius 1 is 1.15 bits per heavy atom. The maximum absolute atomic E-state index is 5.98. The third-order valence-corrected chi connectivity index (χ3v) is 3.94. The van der Waals surface area contributed by atoms with Gasteiger partial charge in [0, 0.05) is 19.0 Å². The van der Waals surface area contributed by atoms with E-state index in [-0.39, 0.29) is 0 Å². The highest BCUT2D eigenvalue weighted by Gasteiger charge is 2.20. The van der Waals surface area contributed by atoms with E-state index in [4.69, 9.17) is 27.6 Å². The summed E-state index contributed by atoms with van der Waals surface area (Å²) in [6, 6.07) is 6.21. The van der Waals surface area contributed by atoms with E-state index in [9.17, 15) is 0 Å². The van der Waals surface area contributed by atoms with E-state index in [0.29, 0.717) is 34.3 Å². The molecule has 0 saturated heterocycles. The summed E-state index contributed by atoms with van der Waals surface area (Å²) < 4.78 is 5.62. The van der Waals surface area contributed by atoms with Crippen LogP contribution in [0.3, 0.4) is 0 Å². The molecule has 2 aromatic rings. The second kappa shape index (κ2) is 6.12. The summed E-state index contributed by atoms with van der Waals surface area (Å²) in [4.78, 5) is 0. The number of hydrogen-bond acceptors (Lipinski definition) is 4. The first kappa shape index (κ1) is 13.9. The molecule has 6 heteroatoms. The molecule has 0 aliphatic heterocycles. The van der Waals surface area contributed by atoms with Gasteiger partial charge in [0.15, 0.2) is 0 Å². The van der Waals surface area contributed by atoms with Gasteiger partial charge in [-0.1, -0.05) is 29.3 Å². The molecule has 0 spiro atoms. The van der Waals surface area contributed by atoms with Gasteiger partial charge in [-0.2, -0.15) is 0 Å². The van der Waals surface area contributed by atoms with Crippen molar-refractivity contribution in [1.82, 2.24) is 15.5 Å². The zero-order valence-corrected chi connectivity index (χ0v) is 12.4. The molecule has 106 valence electrons. The van der Waals surface area contributed by atoms with Crippen LogP contribution in [0.15, 0.2) is 22.6 Å². The van der Waals surface area contributed by atoms with Crippen molar-refractivity contribution in [3.8, 4) is 0 Å².